The van der Waals surface area contributed by atoms with Crippen LogP contribution in [0.15, 0.2) is 48.5 Å². The Morgan fingerprint density at radius 1 is 1.08 bits per heavy atom. The molecule has 2 aromatic rings. The average molecular weight is 371 g/mol. The summed E-state index contributed by atoms with van der Waals surface area (Å²) in [5.41, 5.74) is 1.64. The number of nitrogens with zero attached hydrogens (tertiary/aromatic N) is 2. The maximum atomic E-state index is 12.2. The Balaban J connectivity index is 2.16. The van der Waals surface area contributed by atoms with Crippen LogP contribution < -0.4 is 9.62 Å². The molecule has 0 spiro atoms. The lowest BCUT2D eigenvalue weighted by molar-refractivity contribution is -0.114. The number of sulfonamides is 1. The molecular formula is C18H17N3O4S. The zero-order valence-corrected chi connectivity index (χ0v) is 15.1. The fourth-order valence-corrected chi connectivity index (χ4v) is 3.08. The Morgan fingerprint density at radius 2 is 1.65 bits per heavy atom. The molecule has 0 aliphatic heterocycles. The summed E-state index contributed by atoms with van der Waals surface area (Å²) < 4.78 is 25.0. The van der Waals surface area contributed by atoms with Crippen molar-refractivity contribution < 1.29 is 18.0 Å². The molecule has 7 nitrogen and oxygen atoms in total. The number of hydrogen-bond donors (Lipinski definition) is 1. The third-order valence-corrected chi connectivity index (χ3v) is 4.69. The first-order valence-electron chi connectivity index (χ1n) is 7.59. The summed E-state index contributed by atoms with van der Waals surface area (Å²) in [5.74, 6) is -0.623. The van der Waals surface area contributed by atoms with Crippen LogP contribution in [-0.4, -0.2) is 32.9 Å². The molecule has 8 heteroatoms. The predicted molar refractivity (Wildman–Crippen MR) is 98.4 cm³/mol. The van der Waals surface area contributed by atoms with Crippen molar-refractivity contribution >= 4 is 33.1 Å². The van der Waals surface area contributed by atoms with Gasteiger partial charge in [0.05, 0.1) is 23.6 Å². The van der Waals surface area contributed by atoms with Crippen molar-refractivity contribution in [2.75, 3.05) is 22.4 Å². The molecule has 1 amide bonds. The lowest BCUT2D eigenvalue weighted by Gasteiger charge is -2.22. The number of Topliss-reactive ketones (excluding diaryl/α,β-unsaturated/α-hetero) is 1. The first-order valence-corrected chi connectivity index (χ1v) is 9.44. The molecule has 134 valence electrons. The Kier molecular flexibility index (Phi) is 5.75. The minimum Gasteiger partial charge on any atom is -0.325 e. The molecule has 0 atom stereocenters. The van der Waals surface area contributed by atoms with Crippen molar-refractivity contribution in [3.05, 3.63) is 59.7 Å². The summed E-state index contributed by atoms with van der Waals surface area (Å²) in [6, 6.07) is 14.1. The van der Waals surface area contributed by atoms with Gasteiger partial charge in [-0.15, -0.1) is 0 Å². The zero-order valence-electron chi connectivity index (χ0n) is 14.3. The first kappa shape index (κ1) is 19.1. The monoisotopic (exact) mass is 371 g/mol. The third-order valence-electron chi connectivity index (χ3n) is 3.55. The number of carbonyl (C=O) groups is 2. The minimum atomic E-state index is -3.70. The largest absolute Gasteiger partial charge is 0.325 e. The van der Waals surface area contributed by atoms with Crippen molar-refractivity contribution in [1.82, 2.24) is 0 Å². The summed E-state index contributed by atoms with van der Waals surface area (Å²) >= 11 is 0. The summed E-state index contributed by atoms with van der Waals surface area (Å²) in [4.78, 5) is 23.5. The molecule has 0 fully saturated rings. The second-order valence-corrected chi connectivity index (χ2v) is 7.52. The highest BCUT2D eigenvalue weighted by atomic mass is 32.2. The Labute approximate surface area is 151 Å². The van der Waals surface area contributed by atoms with Gasteiger partial charge in [-0.2, -0.15) is 5.26 Å². The number of nitrogens with one attached hydrogen (secondary N) is 1. The standard InChI is InChI=1S/C18H17N3O4S/c1-13(22)15-5-7-16(8-6-15)20-18(23)12-21(26(2,24)25)17-9-3-14(11-19)4-10-17/h3-10H,12H2,1-2H3,(H,20,23). The smallest absolute Gasteiger partial charge is 0.245 e. The third kappa shape index (κ3) is 4.91. The van der Waals surface area contributed by atoms with Gasteiger partial charge in [-0.25, -0.2) is 8.42 Å². The normalized spacial score (nSPS) is 10.7. The van der Waals surface area contributed by atoms with Crippen molar-refractivity contribution in [1.29, 1.82) is 5.26 Å². The molecule has 0 saturated heterocycles. The number of ketones is 1. The van der Waals surface area contributed by atoms with Gasteiger partial charge in [0.25, 0.3) is 0 Å². The fourth-order valence-electron chi connectivity index (χ4n) is 2.22. The Morgan fingerprint density at radius 3 is 2.12 bits per heavy atom. The molecule has 0 bridgehead atoms. The van der Waals surface area contributed by atoms with Gasteiger partial charge in [0.15, 0.2) is 5.78 Å². The predicted octanol–water partition coefficient (Wildman–Crippen LogP) is 2.17. The fraction of sp³-hybridized carbons (Fsp3) is 0.167. The quantitative estimate of drug-likeness (QED) is 0.783. The SMILES string of the molecule is CC(=O)c1ccc(NC(=O)CN(c2ccc(C#N)cc2)S(C)(=O)=O)cc1. The lowest BCUT2D eigenvalue weighted by Crippen LogP contribution is -2.37. The number of carbonyl (C=O) groups excluding carboxylic acids is 2. The lowest BCUT2D eigenvalue weighted by atomic mass is 10.1. The topological polar surface area (TPSA) is 107 Å². The molecule has 0 unspecified atom stereocenters. The second-order valence-electron chi connectivity index (χ2n) is 5.61. The zero-order chi connectivity index (χ0) is 19.3. The number of hydrogen-bond acceptors (Lipinski definition) is 5. The van der Waals surface area contributed by atoms with E-state index in [2.05, 4.69) is 5.32 Å². The molecule has 0 saturated carbocycles. The summed E-state index contributed by atoms with van der Waals surface area (Å²) in [7, 11) is -3.70. The van der Waals surface area contributed by atoms with Gasteiger partial charge >= 0.3 is 0 Å². The highest BCUT2D eigenvalue weighted by molar-refractivity contribution is 7.92. The van der Waals surface area contributed by atoms with Crippen LogP contribution in [0.4, 0.5) is 11.4 Å². The van der Waals surface area contributed by atoms with E-state index >= 15 is 0 Å². The van der Waals surface area contributed by atoms with Crippen LogP contribution >= 0.6 is 0 Å². The van der Waals surface area contributed by atoms with Crippen LogP contribution in [0.25, 0.3) is 0 Å². The van der Waals surface area contributed by atoms with Crippen LogP contribution in [0.2, 0.25) is 0 Å². The van der Waals surface area contributed by atoms with E-state index in [4.69, 9.17) is 5.26 Å². The van der Waals surface area contributed by atoms with Gasteiger partial charge in [0.2, 0.25) is 15.9 Å². The molecule has 0 radical (unpaired) electrons. The Bertz CT molecular complexity index is 959. The second kappa shape index (κ2) is 7.80. The number of rotatable bonds is 6. The van der Waals surface area contributed by atoms with Crippen molar-refractivity contribution in [3.8, 4) is 6.07 Å². The van der Waals surface area contributed by atoms with E-state index in [0.29, 0.717) is 16.8 Å². The first-order chi connectivity index (χ1) is 12.2. The van der Waals surface area contributed by atoms with Gasteiger partial charge < -0.3 is 5.32 Å². The van der Waals surface area contributed by atoms with Gasteiger partial charge in [-0.1, -0.05) is 0 Å². The van der Waals surface area contributed by atoms with E-state index in [1.54, 1.807) is 24.3 Å². The highest BCUT2D eigenvalue weighted by Crippen LogP contribution is 2.18. The molecular weight excluding hydrogens is 354 g/mol. The van der Waals surface area contributed by atoms with E-state index < -0.39 is 22.5 Å². The summed E-state index contributed by atoms with van der Waals surface area (Å²) in [5, 5.41) is 11.4. The van der Waals surface area contributed by atoms with Gasteiger partial charge in [-0.05, 0) is 55.5 Å². The molecule has 0 heterocycles. The number of benzene rings is 2. The van der Waals surface area contributed by atoms with Crippen LogP contribution in [0.3, 0.4) is 0 Å². The number of amides is 1. The minimum absolute atomic E-state index is 0.0908. The molecule has 2 aromatic carbocycles. The van der Waals surface area contributed by atoms with Crippen molar-refractivity contribution in [3.63, 3.8) is 0 Å². The van der Waals surface area contributed by atoms with E-state index in [-0.39, 0.29) is 11.5 Å². The van der Waals surface area contributed by atoms with E-state index in [0.717, 1.165) is 10.6 Å². The summed E-state index contributed by atoms with van der Waals surface area (Å²) in [6.45, 7) is 1.02. The maximum absolute atomic E-state index is 12.2. The van der Waals surface area contributed by atoms with Crippen LogP contribution in [0.5, 0.6) is 0 Å². The van der Waals surface area contributed by atoms with Gasteiger partial charge in [0, 0.05) is 11.3 Å². The van der Waals surface area contributed by atoms with E-state index in [1.165, 1.54) is 31.2 Å². The molecule has 0 aliphatic carbocycles. The van der Waals surface area contributed by atoms with Gasteiger partial charge in [0.1, 0.15) is 6.54 Å². The molecule has 26 heavy (non-hydrogen) atoms. The van der Waals surface area contributed by atoms with Crippen molar-refractivity contribution in [2.24, 2.45) is 0 Å². The molecule has 0 aliphatic rings. The maximum Gasteiger partial charge on any atom is 0.245 e. The van der Waals surface area contributed by atoms with Crippen LogP contribution in [0, 0.1) is 11.3 Å². The van der Waals surface area contributed by atoms with E-state index in [1.807, 2.05) is 6.07 Å². The Hall–Kier alpha value is -3.18. The number of nitriles is 1. The van der Waals surface area contributed by atoms with Gasteiger partial charge in [-0.3, -0.25) is 13.9 Å². The molecule has 1 N–H and O–H groups in total. The average Bonchev–Trinajstić information content (AvgIpc) is 2.59. The van der Waals surface area contributed by atoms with E-state index in [9.17, 15) is 18.0 Å². The summed E-state index contributed by atoms with van der Waals surface area (Å²) in [6.07, 6.45) is 1.00. The van der Waals surface area contributed by atoms with Crippen LogP contribution in [-0.2, 0) is 14.8 Å². The molecule has 2 rings (SSSR count). The highest BCUT2D eigenvalue weighted by Gasteiger charge is 2.21. The van der Waals surface area contributed by atoms with Crippen molar-refractivity contribution in [2.45, 2.75) is 6.92 Å². The van der Waals surface area contributed by atoms with Crippen LogP contribution in [0.1, 0.15) is 22.8 Å². The molecule has 0 aromatic heterocycles. The number of anilines is 2.